The molecule has 0 spiro atoms. The highest BCUT2D eigenvalue weighted by molar-refractivity contribution is 14.1. The van der Waals surface area contributed by atoms with E-state index in [0.29, 0.717) is 0 Å². The van der Waals surface area contributed by atoms with Crippen LogP contribution < -0.4 is 4.99 Å². The molecule has 0 bridgehead atoms. The normalized spacial score (nSPS) is 18.2. The number of allylic oxidation sites excluding steroid dienone is 2. The average molecular weight is 235 g/mol. The maximum absolute atomic E-state index is 3.06. The lowest BCUT2D eigenvalue weighted by molar-refractivity contribution is -0.420. The Kier molecular flexibility index (Phi) is 1.67. The van der Waals surface area contributed by atoms with Gasteiger partial charge in [-0.1, -0.05) is 43.4 Å². The lowest BCUT2D eigenvalue weighted by atomic mass is 9.90. The van der Waals surface area contributed by atoms with E-state index in [4.69, 9.17) is 0 Å². The molecule has 1 aliphatic heterocycles. The molecule has 0 aromatic carbocycles. The van der Waals surface area contributed by atoms with Crippen molar-refractivity contribution < 1.29 is 4.99 Å². The SMILES string of the molecule is CC(C)(C)C1=C(I)[C-]=[NH+]1. The van der Waals surface area contributed by atoms with E-state index >= 15 is 0 Å². The fourth-order valence-corrected chi connectivity index (χ4v) is 1.77. The first-order chi connectivity index (χ1) is 4.02. The first kappa shape index (κ1) is 7.25. The van der Waals surface area contributed by atoms with Crippen molar-refractivity contribution >= 4 is 28.8 Å². The zero-order valence-corrected chi connectivity index (χ0v) is 8.04. The highest BCUT2D eigenvalue weighted by Crippen LogP contribution is 2.26. The molecule has 0 aromatic rings. The molecule has 50 valence electrons. The number of hydrogen-bond acceptors (Lipinski definition) is 0. The van der Waals surface area contributed by atoms with Crippen LogP contribution in [0.3, 0.4) is 0 Å². The highest BCUT2D eigenvalue weighted by Gasteiger charge is 2.23. The van der Waals surface area contributed by atoms with Crippen LogP contribution in [0.25, 0.3) is 0 Å². The lowest BCUT2D eigenvalue weighted by Crippen LogP contribution is -2.75. The lowest BCUT2D eigenvalue weighted by Gasteiger charge is -2.23. The Morgan fingerprint density at radius 3 is 2.00 bits per heavy atom. The van der Waals surface area contributed by atoms with Gasteiger partial charge in [0.25, 0.3) is 0 Å². The second-order valence-electron chi connectivity index (χ2n) is 3.19. The monoisotopic (exact) mass is 235 g/mol. The van der Waals surface area contributed by atoms with Crippen molar-refractivity contribution in [1.29, 1.82) is 0 Å². The van der Waals surface area contributed by atoms with Crippen molar-refractivity contribution in [2.75, 3.05) is 0 Å². The van der Waals surface area contributed by atoms with E-state index in [2.05, 4.69) is 54.6 Å². The Morgan fingerprint density at radius 1 is 1.44 bits per heavy atom. The second kappa shape index (κ2) is 2.08. The molecule has 1 aliphatic rings. The van der Waals surface area contributed by atoms with Crippen LogP contribution in [0.4, 0.5) is 0 Å². The van der Waals surface area contributed by atoms with Gasteiger partial charge in [-0.3, -0.25) is 0 Å². The van der Waals surface area contributed by atoms with Crippen LogP contribution in [0.1, 0.15) is 20.8 Å². The van der Waals surface area contributed by atoms with Crippen molar-refractivity contribution in [1.82, 2.24) is 0 Å². The van der Waals surface area contributed by atoms with Gasteiger partial charge in [0, 0.05) is 8.99 Å². The summed E-state index contributed by atoms with van der Waals surface area (Å²) in [5.74, 6) is 0. The number of nitrogens with one attached hydrogen (secondary N) is 1. The van der Waals surface area contributed by atoms with Crippen LogP contribution in [0.2, 0.25) is 0 Å². The van der Waals surface area contributed by atoms with Crippen LogP contribution in [0.5, 0.6) is 0 Å². The molecular formula is C7H10IN. The van der Waals surface area contributed by atoms with Crippen molar-refractivity contribution in [3.8, 4) is 0 Å². The zero-order valence-electron chi connectivity index (χ0n) is 5.88. The van der Waals surface area contributed by atoms with E-state index in [9.17, 15) is 0 Å². The smallest absolute Gasteiger partial charge is 0.132 e. The van der Waals surface area contributed by atoms with Gasteiger partial charge >= 0.3 is 0 Å². The summed E-state index contributed by atoms with van der Waals surface area (Å²) >= 11 is 2.29. The molecule has 1 rings (SSSR count). The van der Waals surface area contributed by atoms with Crippen molar-refractivity contribution in [3.05, 3.63) is 9.28 Å². The van der Waals surface area contributed by atoms with Crippen LogP contribution >= 0.6 is 22.6 Å². The molecule has 0 fully saturated rings. The van der Waals surface area contributed by atoms with E-state index < -0.39 is 0 Å². The summed E-state index contributed by atoms with van der Waals surface area (Å²) < 4.78 is 1.24. The van der Waals surface area contributed by atoms with Crippen molar-refractivity contribution in [2.45, 2.75) is 20.8 Å². The Hall–Kier alpha value is 0.140. The predicted molar refractivity (Wildman–Crippen MR) is 46.5 cm³/mol. The molecule has 0 unspecified atom stereocenters. The molecule has 1 nitrogen and oxygen atoms in total. The molecular weight excluding hydrogens is 225 g/mol. The third-order valence-corrected chi connectivity index (χ3v) is 2.08. The third kappa shape index (κ3) is 1.34. The van der Waals surface area contributed by atoms with Gasteiger partial charge in [0.05, 0.1) is 5.70 Å². The number of halogens is 1. The minimum absolute atomic E-state index is 0.266. The van der Waals surface area contributed by atoms with Gasteiger partial charge in [-0.05, 0) is 0 Å². The molecule has 9 heavy (non-hydrogen) atoms. The largest absolute Gasteiger partial charge is 0.319 e. The van der Waals surface area contributed by atoms with Gasteiger partial charge < -0.3 is 4.99 Å². The summed E-state index contributed by atoms with van der Waals surface area (Å²) in [5.41, 5.74) is 1.57. The summed E-state index contributed by atoms with van der Waals surface area (Å²) in [6.45, 7) is 6.57. The maximum Gasteiger partial charge on any atom is 0.132 e. The second-order valence-corrected chi connectivity index (χ2v) is 4.27. The molecule has 0 atom stereocenters. The maximum atomic E-state index is 3.06. The van der Waals surface area contributed by atoms with Gasteiger partial charge in [-0.2, -0.15) is 0 Å². The molecule has 0 aromatic heterocycles. The van der Waals surface area contributed by atoms with Gasteiger partial charge in [0.2, 0.25) is 0 Å². The highest BCUT2D eigenvalue weighted by atomic mass is 127. The summed E-state index contributed by atoms with van der Waals surface area (Å²) in [6.07, 6.45) is 2.98. The fraction of sp³-hybridized carbons (Fsp3) is 0.571. The van der Waals surface area contributed by atoms with Crippen LogP contribution in [0, 0.1) is 5.41 Å². The Morgan fingerprint density at radius 2 is 2.00 bits per heavy atom. The molecule has 0 aliphatic carbocycles. The minimum Gasteiger partial charge on any atom is -0.319 e. The first-order valence-electron chi connectivity index (χ1n) is 2.94. The first-order valence-corrected chi connectivity index (χ1v) is 4.02. The molecule has 1 heterocycles. The molecule has 0 saturated carbocycles. The Balaban J connectivity index is 2.77. The van der Waals surface area contributed by atoms with E-state index in [1.54, 1.807) is 0 Å². The zero-order chi connectivity index (χ0) is 7.07. The Labute approximate surface area is 69.4 Å². The molecule has 0 radical (unpaired) electrons. The molecule has 2 heteroatoms. The van der Waals surface area contributed by atoms with Crippen LogP contribution in [0.15, 0.2) is 9.28 Å². The van der Waals surface area contributed by atoms with E-state index in [-0.39, 0.29) is 5.41 Å². The molecule has 1 N–H and O–H groups in total. The topological polar surface area (TPSA) is 14.0 Å². The van der Waals surface area contributed by atoms with E-state index in [1.165, 1.54) is 9.28 Å². The van der Waals surface area contributed by atoms with Gasteiger partial charge in [-0.25, -0.2) is 0 Å². The summed E-state index contributed by atoms with van der Waals surface area (Å²) in [4.78, 5) is 3.06. The third-order valence-electron chi connectivity index (χ3n) is 1.27. The van der Waals surface area contributed by atoms with Gasteiger partial charge in [0.15, 0.2) is 0 Å². The summed E-state index contributed by atoms with van der Waals surface area (Å²) in [6, 6.07) is 0. The standard InChI is InChI=1S/C7H10IN/c1-7(2,3)6-5(8)4-9-6/h9H,1-3H3. The van der Waals surface area contributed by atoms with Crippen LogP contribution in [-0.2, 0) is 0 Å². The van der Waals surface area contributed by atoms with Gasteiger partial charge in [-0.15, -0.1) is 0 Å². The predicted octanol–water partition coefficient (Wildman–Crippen LogP) is 0.721. The molecule has 0 saturated heterocycles. The van der Waals surface area contributed by atoms with E-state index in [1.807, 2.05) is 0 Å². The fourth-order valence-electron chi connectivity index (χ4n) is 0.689. The quantitative estimate of drug-likeness (QED) is 0.469. The average Bonchev–Trinajstić information content (AvgIpc) is 1.57. The van der Waals surface area contributed by atoms with Crippen LogP contribution in [-0.4, -0.2) is 6.21 Å². The van der Waals surface area contributed by atoms with E-state index in [0.717, 1.165) is 0 Å². The minimum atomic E-state index is 0.266. The van der Waals surface area contributed by atoms with Gasteiger partial charge in [0.1, 0.15) is 6.21 Å². The summed E-state index contributed by atoms with van der Waals surface area (Å²) in [7, 11) is 0. The summed E-state index contributed by atoms with van der Waals surface area (Å²) in [5, 5.41) is 0. The number of hydrogen-bond donors (Lipinski definition) is 1. The van der Waals surface area contributed by atoms with Crippen molar-refractivity contribution in [2.24, 2.45) is 5.41 Å². The van der Waals surface area contributed by atoms with Crippen molar-refractivity contribution in [3.63, 3.8) is 0 Å². The molecule has 0 amide bonds. The Bertz CT molecular complexity index is 184. The number of rotatable bonds is 0.